The van der Waals surface area contributed by atoms with E-state index in [0.29, 0.717) is 48.6 Å². The largest absolute Gasteiger partial charge is 0.491 e. The van der Waals surface area contributed by atoms with E-state index in [4.69, 9.17) is 9.47 Å². The number of carboxylic acids is 1. The number of carbonyl (C=O) groups excluding carboxylic acids is 1. The van der Waals surface area contributed by atoms with E-state index in [1.165, 1.54) is 25.3 Å². The van der Waals surface area contributed by atoms with Gasteiger partial charge in [0.15, 0.2) is 0 Å². The van der Waals surface area contributed by atoms with Gasteiger partial charge in [-0.05, 0) is 50.4 Å². The third kappa shape index (κ3) is 7.62. The predicted octanol–water partition coefficient (Wildman–Crippen LogP) is 3.95. The first-order valence-electron chi connectivity index (χ1n) is 13.6. The molecule has 0 amide bonds. The minimum absolute atomic E-state index is 0.0567. The standard InChI is InChI=1S/C31H37N3O8/c1-5-10-22-11-6-7-14-26(22)42-19-25(35)18-32-15-9-16-33-20(2)27(30(36)37)29(28(21(33)3)31(38)41-4)23-12-8-13-24(17-23)34(39)40/h5-8,11-14,17,25,29,32,35H,1,9-10,15-16,18-19H2,2-4H3,(H,36,37). The molecule has 42 heavy (non-hydrogen) atoms. The van der Waals surface area contributed by atoms with E-state index in [-0.39, 0.29) is 30.0 Å². The van der Waals surface area contributed by atoms with Gasteiger partial charge in [0.25, 0.3) is 5.69 Å². The van der Waals surface area contributed by atoms with Gasteiger partial charge in [0.2, 0.25) is 0 Å². The maximum atomic E-state index is 13.0. The number of para-hydroxylation sites is 1. The van der Waals surface area contributed by atoms with Crippen LogP contribution >= 0.6 is 0 Å². The highest BCUT2D eigenvalue weighted by Gasteiger charge is 2.40. The predicted molar refractivity (Wildman–Crippen MR) is 157 cm³/mol. The third-order valence-electron chi connectivity index (χ3n) is 7.10. The lowest BCUT2D eigenvalue weighted by Crippen LogP contribution is -2.37. The number of ether oxygens (including phenoxy) is 2. The van der Waals surface area contributed by atoms with Gasteiger partial charge in [0, 0.05) is 36.6 Å². The topological polar surface area (TPSA) is 151 Å². The molecule has 2 aromatic carbocycles. The van der Waals surface area contributed by atoms with Crippen molar-refractivity contribution >= 4 is 17.6 Å². The Balaban J connectivity index is 1.69. The van der Waals surface area contributed by atoms with Crippen LogP contribution in [0.5, 0.6) is 5.75 Å². The van der Waals surface area contributed by atoms with E-state index in [1.807, 2.05) is 24.3 Å². The highest BCUT2D eigenvalue weighted by molar-refractivity contribution is 5.99. The maximum absolute atomic E-state index is 13.0. The minimum atomic E-state index is -1.24. The summed E-state index contributed by atoms with van der Waals surface area (Å²) in [4.78, 5) is 38.0. The number of aliphatic carboxylic acids is 1. The molecule has 11 heteroatoms. The normalized spacial score (nSPS) is 15.8. The lowest BCUT2D eigenvalue weighted by atomic mass is 9.79. The fourth-order valence-electron chi connectivity index (χ4n) is 5.09. The summed E-state index contributed by atoms with van der Waals surface area (Å²) < 4.78 is 10.8. The van der Waals surface area contributed by atoms with Crippen LogP contribution in [0.2, 0.25) is 0 Å². The van der Waals surface area contributed by atoms with Gasteiger partial charge in [-0.25, -0.2) is 9.59 Å². The fraction of sp³-hybridized carbons (Fsp3) is 0.355. The van der Waals surface area contributed by atoms with E-state index in [2.05, 4.69) is 11.9 Å². The molecular formula is C31H37N3O8. The number of carboxylic acid groups (broad SMARTS) is 1. The van der Waals surface area contributed by atoms with Crippen LogP contribution in [0.15, 0.2) is 83.7 Å². The summed E-state index contributed by atoms with van der Waals surface area (Å²) >= 11 is 0. The number of rotatable bonds is 15. The van der Waals surface area contributed by atoms with E-state index in [0.717, 1.165) is 5.56 Å². The van der Waals surface area contributed by atoms with E-state index < -0.39 is 28.9 Å². The monoisotopic (exact) mass is 579 g/mol. The van der Waals surface area contributed by atoms with Gasteiger partial charge >= 0.3 is 11.9 Å². The molecule has 3 N–H and O–H groups in total. The number of esters is 1. The van der Waals surface area contributed by atoms with Gasteiger partial charge < -0.3 is 29.9 Å². The molecule has 1 aliphatic heterocycles. The molecule has 0 aromatic heterocycles. The Morgan fingerprint density at radius 3 is 2.55 bits per heavy atom. The van der Waals surface area contributed by atoms with Crippen molar-refractivity contribution in [1.29, 1.82) is 0 Å². The molecule has 0 fully saturated rings. The molecule has 3 rings (SSSR count). The van der Waals surface area contributed by atoms with Crippen molar-refractivity contribution in [2.24, 2.45) is 0 Å². The number of nitrogens with zero attached hydrogens (tertiary/aromatic N) is 2. The maximum Gasteiger partial charge on any atom is 0.336 e. The number of nitro benzene ring substituents is 1. The molecule has 0 spiro atoms. The van der Waals surface area contributed by atoms with Crippen molar-refractivity contribution in [2.75, 3.05) is 33.4 Å². The number of carbonyl (C=O) groups is 2. The molecule has 0 bridgehead atoms. The van der Waals surface area contributed by atoms with Crippen LogP contribution < -0.4 is 10.1 Å². The summed E-state index contributed by atoms with van der Waals surface area (Å²) in [6, 6.07) is 13.2. The first kappa shape index (κ1) is 32.0. The molecule has 2 aromatic rings. The van der Waals surface area contributed by atoms with Crippen LogP contribution in [0.3, 0.4) is 0 Å². The Labute approximate surface area is 244 Å². The van der Waals surface area contributed by atoms with E-state index in [1.54, 1.807) is 30.9 Å². The molecule has 0 radical (unpaired) electrons. The smallest absolute Gasteiger partial charge is 0.336 e. The van der Waals surface area contributed by atoms with E-state index >= 15 is 0 Å². The third-order valence-corrected chi connectivity index (χ3v) is 7.10. The summed E-state index contributed by atoms with van der Waals surface area (Å²) in [5.74, 6) is -2.30. The van der Waals surface area contributed by atoms with Crippen molar-refractivity contribution in [3.8, 4) is 5.75 Å². The second-order valence-corrected chi connectivity index (χ2v) is 9.85. The second-order valence-electron chi connectivity index (χ2n) is 9.85. The highest BCUT2D eigenvalue weighted by Crippen LogP contribution is 2.43. The highest BCUT2D eigenvalue weighted by atomic mass is 16.6. The number of aliphatic hydroxyl groups excluding tert-OH is 1. The molecule has 224 valence electrons. The molecule has 11 nitrogen and oxygen atoms in total. The molecule has 1 heterocycles. The van der Waals surface area contributed by atoms with Gasteiger partial charge in [-0.2, -0.15) is 0 Å². The van der Waals surface area contributed by atoms with Crippen LogP contribution in [-0.4, -0.2) is 71.4 Å². The molecule has 0 saturated carbocycles. The van der Waals surface area contributed by atoms with Gasteiger partial charge in [-0.3, -0.25) is 10.1 Å². The molecule has 1 aliphatic rings. The van der Waals surface area contributed by atoms with Crippen molar-refractivity contribution in [2.45, 2.75) is 38.7 Å². The zero-order valence-corrected chi connectivity index (χ0v) is 24.0. The van der Waals surface area contributed by atoms with Crippen LogP contribution in [0, 0.1) is 10.1 Å². The number of hydrogen-bond acceptors (Lipinski definition) is 9. The fourth-order valence-corrected chi connectivity index (χ4v) is 5.09. The first-order valence-corrected chi connectivity index (χ1v) is 13.6. The van der Waals surface area contributed by atoms with Crippen molar-refractivity contribution < 1.29 is 34.2 Å². The van der Waals surface area contributed by atoms with Gasteiger partial charge in [-0.1, -0.05) is 36.4 Å². The van der Waals surface area contributed by atoms with Crippen LogP contribution in [0.25, 0.3) is 0 Å². The molecule has 2 atom stereocenters. The lowest BCUT2D eigenvalue weighted by Gasteiger charge is -2.37. The van der Waals surface area contributed by atoms with Gasteiger partial charge in [0.1, 0.15) is 18.5 Å². The Morgan fingerprint density at radius 2 is 1.88 bits per heavy atom. The SMILES string of the molecule is C=CCc1ccccc1OCC(O)CNCCCN1C(C)=C(C(=O)O)C(c2cccc([N+](=O)[O-])c2)C(C(=O)OC)=C1C. The quantitative estimate of drug-likeness (QED) is 0.0930. The average molecular weight is 580 g/mol. The molecule has 0 aliphatic carbocycles. The van der Waals surface area contributed by atoms with Gasteiger partial charge in [0.05, 0.1) is 29.1 Å². The Morgan fingerprint density at radius 1 is 1.17 bits per heavy atom. The molecule has 0 saturated heterocycles. The minimum Gasteiger partial charge on any atom is -0.491 e. The number of non-ortho nitro benzene ring substituents is 1. The summed E-state index contributed by atoms with van der Waals surface area (Å²) in [6.07, 6.45) is 2.27. The summed E-state index contributed by atoms with van der Waals surface area (Å²) in [6.45, 7) is 8.40. The average Bonchev–Trinajstić information content (AvgIpc) is 2.97. The Bertz CT molecular complexity index is 1380. The Kier molecular flexibility index (Phi) is 11.4. The van der Waals surface area contributed by atoms with Crippen molar-refractivity contribution in [3.05, 3.63) is 105 Å². The van der Waals surface area contributed by atoms with E-state index in [9.17, 15) is 29.9 Å². The molecular weight excluding hydrogens is 542 g/mol. The number of allylic oxidation sites excluding steroid dienone is 3. The summed E-state index contributed by atoms with van der Waals surface area (Å²) in [7, 11) is 1.21. The zero-order chi connectivity index (χ0) is 30.8. The van der Waals surface area contributed by atoms with Crippen LogP contribution in [-0.2, 0) is 20.7 Å². The number of nitro groups is 1. The Hall–Kier alpha value is -4.48. The lowest BCUT2D eigenvalue weighted by molar-refractivity contribution is -0.384. The first-order chi connectivity index (χ1) is 20.1. The summed E-state index contributed by atoms with van der Waals surface area (Å²) in [5, 5.41) is 35.2. The summed E-state index contributed by atoms with van der Waals surface area (Å²) in [5.41, 5.74) is 2.07. The van der Waals surface area contributed by atoms with Gasteiger partial charge in [-0.15, -0.1) is 6.58 Å². The number of hydrogen-bond donors (Lipinski definition) is 3. The second kappa shape index (κ2) is 14.9. The molecule has 2 unspecified atom stereocenters. The number of nitrogens with one attached hydrogen (secondary N) is 1. The number of aliphatic hydroxyl groups is 1. The zero-order valence-electron chi connectivity index (χ0n) is 24.0. The van der Waals surface area contributed by atoms with Crippen LogP contribution in [0.4, 0.5) is 5.69 Å². The number of methoxy groups -OCH3 is 1. The number of benzene rings is 2. The van der Waals surface area contributed by atoms with Crippen LogP contribution in [0.1, 0.15) is 37.3 Å². The van der Waals surface area contributed by atoms with Crippen molar-refractivity contribution in [3.63, 3.8) is 0 Å². The van der Waals surface area contributed by atoms with Crippen molar-refractivity contribution in [1.82, 2.24) is 10.2 Å².